The van der Waals surface area contributed by atoms with Gasteiger partial charge in [-0.1, -0.05) is 72.4 Å². The van der Waals surface area contributed by atoms with Crippen molar-refractivity contribution < 1.29 is 14.3 Å². The van der Waals surface area contributed by atoms with Crippen LogP contribution in [0.4, 0.5) is 0 Å². The maximum atomic E-state index is 12.0. The summed E-state index contributed by atoms with van der Waals surface area (Å²) in [6.07, 6.45) is 12.1. The lowest BCUT2D eigenvalue weighted by Gasteiger charge is -2.18. The predicted molar refractivity (Wildman–Crippen MR) is 112 cm³/mol. The number of carbonyl (C=O) groups excluding carboxylic acids is 2. The Morgan fingerprint density at radius 3 is 2.11 bits per heavy atom. The molecule has 150 valence electrons. The molecule has 0 aliphatic carbocycles. The molecule has 0 unspecified atom stereocenters. The number of unbranched alkanes of at least 4 members (excludes halogenated alkanes) is 5. The van der Waals surface area contributed by atoms with E-state index >= 15 is 0 Å². The normalized spacial score (nSPS) is 12.3. The Morgan fingerprint density at radius 2 is 1.52 bits per heavy atom. The van der Waals surface area contributed by atoms with E-state index in [0.29, 0.717) is 5.56 Å². The van der Waals surface area contributed by atoms with Crippen molar-refractivity contribution in [2.75, 3.05) is 0 Å². The zero-order valence-corrected chi connectivity index (χ0v) is 17.7. The second-order valence-electron chi connectivity index (χ2n) is 9.02. The Bertz CT molecular complexity index is 604. The van der Waals surface area contributed by atoms with Crippen LogP contribution in [0, 0.1) is 5.41 Å². The molecule has 0 heterocycles. The highest BCUT2D eigenvalue weighted by molar-refractivity contribution is 5.89. The van der Waals surface area contributed by atoms with Crippen molar-refractivity contribution in [1.29, 1.82) is 0 Å². The highest BCUT2D eigenvalue weighted by Crippen LogP contribution is 2.23. The number of hydrogen-bond acceptors (Lipinski definition) is 3. The second-order valence-corrected chi connectivity index (χ2v) is 9.02. The number of hydrogen-bond donors (Lipinski definition) is 0. The van der Waals surface area contributed by atoms with E-state index in [9.17, 15) is 9.59 Å². The van der Waals surface area contributed by atoms with Crippen LogP contribution >= 0.6 is 0 Å². The average molecular weight is 373 g/mol. The number of allylic oxidation sites excluding steroid dienone is 1. The van der Waals surface area contributed by atoms with Crippen molar-refractivity contribution in [3.05, 3.63) is 47.7 Å². The lowest BCUT2D eigenvalue weighted by molar-refractivity contribution is -0.115. The third-order valence-electron chi connectivity index (χ3n) is 4.77. The molecule has 0 amide bonds. The molecule has 0 aliphatic heterocycles. The summed E-state index contributed by atoms with van der Waals surface area (Å²) in [5.41, 5.74) is 1.67. The van der Waals surface area contributed by atoms with Crippen LogP contribution in [0.25, 0.3) is 0 Å². The van der Waals surface area contributed by atoms with Gasteiger partial charge in [0.15, 0.2) is 0 Å². The van der Waals surface area contributed by atoms with Gasteiger partial charge in [0.2, 0.25) is 0 Å². The minimum absolute atomic E-state index is 0.0764. The van der Waals surface area contributed by atoms with E-state index in [1.165, 1.54) is 24.7 Å². The van der Waals surface area contributed by atoms with Gasteiger partial charge in [0.25, 0.3) is 0 Å². The third-order valence-corrected chi connectivity index (χ3v) is 4.77. The Morgan fingerprint density at radius 1 is 0.926 bits per heavy atom. The smallest absolute Gasteiger partial charge is 0.342 e. The summed E-state index contributed by atoms with van der Waals surface area (Å²) in [5, 5.41) is 0. The molecule has 3 heteroatoms. The molecule has 0 saturated heterocycles. The van der Waals surface area contributed by atoms with Crippen LogP contribution in [0.5, 0.6) is 0 Å². The van der Waals surface area contributed by atoms with Crippen molar-refractivity contribution in [2.45, 2.75) is 85.0 Å². The van der Waals surface area contributed by atoms with Gasteiger partial charge in [-0.3, -0.25) is 0 Å². The Labute approximate surface area is 165 Å². The molecule has 1 aromatic carbocycles. The summed E-state index contributed by atoms with van der Waals surface area (Å²) in [6, 6.07) is 7.61. The predicted octanol–water partition coefficient (Wildman–Crippen LogP) is 6.61. The fraction of sp³-hybridized carbons (Fsp3) is 0.583. The monoisotopic (exact) mass is 372 g/mol. The first-order valence-corrected chi connectivity index (χ1v) is 10.1. The van der Waals surface area contributed by atoms with Crippen molar-refractivity contribution in [3.8, 4) is 0 Å². The molecular formula is C24H36O3. The average Bonchev–Trinajstić information content (AvgIpc) is 2.62. The molecule has 3 nitrogen and oxygen atoms in total. The van der Waals surface area contributed by atoms with Crippen molar-refractivity contribution >= 4 is 12.3 Å². The first-order valence-electron chi connectivity index (χ1n) is 10.1. The molecule has 0 fully saturated rings. The van der Waals surface area contributed by atoms with Gasteiger partial charge >= 0.3 is 5.97 Å². The fourth-order valence-corrected chi connectivity index (χ4v) is 2.78. The Balaban J connectivity index is 2.16. The summed E-state index contributed by atoms with van der Waals surface area (Å²) >= 11 is 0. The number of aldehydes is 1. The first kappa shape index (κ1) is 23.1. The number of ether oxygens (including phenoxy) is 1. The van der Waals surface area contributed by atoms with Crippen LogP contribution in [0.15, 0.2) is 36.6 Å². The summed E-state index contributed by atoms with van der Waals surface area (Å²) < 4.78 is 5.20. The van der Waals surface area contributed by atoms with Crippen LogP contribution in [0.3, 0.4) is 0 Å². The van der Waals surface area contributed by atoms with Crippen LogP contribution in [-0.4, -0.2) is 12.3 Å². The Hall–Kier alpha value is -1.90. The van der Waals surface area contributed by atoms with E-state index in [1.54, 1.807) is 0 Å². The third kappa shape index (κ3) is 9.55. The molecule has 27 heavy (non-hydrogen) atoms. The fourth-order valence-electron chi connectivity index (χ4n) is 2.78. The number of rotatable bonds is 11. The van der Waals surface area contributed by atoms with E-state index in [-0.39, 0.29) is 16.8 Å². The standard InChI is InChI=1S/C24H36O3/c1-23(2,3)21-15-13-20(14-16-21)22(26)27-18-12-10-8-6-7-9-11-17-24(4,5)19-25/h12-16,18-19H,6-11,17H2,1-5H3/b18-12+. The zero-order chi connectivity index (χ0) is 20.3. The zero-order valence-electron chi connectivity index (χ0n) is 17.7. The number of esters is 1. The molecule has 0 spiro atoms. The largest absolute Gasteiger partial charge is 0.431 e. The quantitative estimate of drug-likeness (QED) is 0.190. The summed E-state index contributed by atoms with van der Waals surface area (Å²) in [6.45, 7) is 10.4. The van der Waals surface area contributed by atoms with Gasteiger partial charge < -0.3 is 9.53 Å². The van der Waals surface area contributed by atoms with Gasteiger partial charge in [-0.2, -0.15) is 0 Å². The topological polar surface area (TPSA) is 43.4 Å². The minimum Gasteiger partial charge on any atom is -0.431 e. The van der Waals surface area contributed by atoms with E-state index in [1.807, 2.05) is 44.2 Å². The molecule has 0 aliphatic rings. The molecule has 0 N–H and O–H groups in total. The van der Waals surface area contributed by atoms with Crippen molar-refractivity contribution in [2.24, 2.45) is 5.41 Å². The molecule has 0 radical (unpaired) electrons. The molecular weight excluding hydrogens is 336 g/mol. The lowest BCUT2D eigenvalue weighted by Crippen LogP contribution is -2.12. The van der Waals surface area contributed by atoms with E-state index in [0.717, 1.165) is 38.4 Å². The lowest BCUT2D eigenvalue weighted by atomic mass is 9.87. The van der Waals surface area contributed by atoms with Gasteiger partial charge in [0.05, 0.1) is 11.8 Å². The van der Waals surface area contributed by atoms with Crippen LogP contribution < -0.4 is 0 Å². The molecule has 0 saturated carbocycles. The number of benzene rings is 1. The van der Waals surface area contributed by atoms with Crippen LogP contribution in [0.1, 0.15) is 95.5 Å². The number of carbonyl (C=O) groups is 2. The molecule has 1 rings (SSSR count). The van der Waals surface area contributed by atoms with Crippen molar-refractivity contribution in [3.63, 3.8) is 0 Å². The Kier molecular flexibility index (Phi) is 9.48. The molecule has 1 aromatic rings. The minimum atomic E-state index is -0.315. The second kappa shape index (κ2) is 11.1. The van der Waals surface area contributed by atoms with Gasteiger partial charge in [-0.15, -0.1) is 0 Å². The summed E-state index contributed by atoms with van der Waals surface area (Å²) in [4.78, 5) is 22.9. The molecule has 0 bridgehead atoms. The summed E-state index contributed by atoms with van der Waals surface area (Å²) in [7, 11) is 0. The highest BCUT2D eigenvalue weighted by Gasteiger charge is 2.15. The molecule has 0 atom stereocenters. The van der Waals surface area contributed by atoms with E-state index < -0.39 is 0 Å². The highest BCUT2D eigenvalue weighted by atomic mass is 16.5. The van der Waals surface area contributed by atoms with Gasteiger partial charge in [-0.05, 0) is 48.4 Å². The van der Waals surface area contributed by atoms with Gasteiger partial charge in [0, 0.05) is 5.41 Å². The maximum Gasteiger partial charge on any atom is 0.342 e. The SMILES string of the molecule is CC(C)(C=O)CCCCCCC/C=C/OC(=O)c1ccc(C(C)(C)C)cc1. The van der Waals surface area contributed by atoms with Crippen LogP contribution in [0.2, 0.25) is 0 Å². The van der Waals surface area contributed by atoms with Gasteiger partial charge in [0.1, 0.15) is 6.29 Å². The van der Waals surface area contributed by atoms with Crippen molar-refractivity contribution in [1.82, 2.24) is 0 Å². The van der Waals surface area contributed by atoms with Gasteiger partial charge in [-0.25, -0.2) is 4.79 Å². The summed E-state index contributed by atoms with van der Waals surface area (Å²) in [5.74, 6) is -0.315. The van der Waals surface area contributed by atoms with Crippen LogP contribution in [-0.2, 0) is 14.9 Å². The van der Waals surface area contributed by atoms with E-state index in [2.05, 4.69) is 20.8 Å². The first-order chi connectivity index (χ1) is 12.7. The maximum absolute atomic E-state index is 12.0. The van der Waals surface area contributed by atoms with E-state index in [4.69, 9.17) is 4.74 Å². The molecule has 0 aromatic heterocycles.